The summed E-state index contributed by atoms with van der Waals surface area (Å²) >= 11 is 5.19. The number of rotatable bonds is 2. The quantitative estimate of drug-likeness (QED) is 0.699. The molecule has 0 saturated heterocycles. The van der Waals surface area contributed by atoms with Crippen molar-refractivity contribution in [3.8, 4) is 0 Å². The summed E-state index contributed by atoms with van der Waals surface area (Å²) in [4.78, 5) is 11.4. The summed E-state index contributed by atoms with van der Waals surface area (Å²) in [5.74, 6) is -4.61. The van der Waals surface area contributed by atoms with Gasteiger partial charge in [0.2, 0.25) is 0 Å². The van der Waals surface area contributed by atoms with Crippen LogP contribution in [0, 0.1) is 11.2 Å². The van der Waals surface area contributed by atoms with Crippen molar-refractivity contribution < 1.29 is 48.7 Å². The summed E-state index contributed by atoms with van der Waals surface area (Å²) in [6, 6.07) is 1.21. The molecular weight excluding hydrogens is 388 g/mol. The molecule has 1 N–H and O–H groups in total. The van der Waals surface area contributed by atoms with Gasteiger partial charge < -0.3 is 5.32 Å². The Morgan fingerprint density at radius 3 is 1.62 bits per heavy atom. The first-order valence-corrected chi connectivity index (χ1v) is 5.90. The minimum absolute atomic E-state index is 0.350. The number of amides is 1. The molecular formula is C11H4ClF10NO. The first kappa shape index (κ1) is 20.3. The number of carbonyl (C=O) groups excluding carboxylic acids is 1. The van der Waals surface area contributed by atoms with Crippen LogP contribution in [0.4, 0.5) is 49.6 Å². The van der Waals surface area contributed by atoms with Crippen LogP contribution in [-0.2, 0) is 4.79 Å². The van der Waals surface area contributed by atoms with Gasteiger partial charge in [0.25, 0.3) is 5.91 Å². The summed E-state index contributed by atoms with van der Waals surface area (Å²) in [5.41, 5.74) is -7.66. The van der Waals surface area contributed by atoms with Crippen LogP contribution in [0.25, 0.3) is 0 Å². The van der Waals surface area contributed by atoms with Gasteiger partial charge in [-0.15, -0.1) is 0 Å². The molecule has 1 amide bonds. The maximum absolute atomic E-state index is 12.9. The van der Waals surface area contributed by atoms with E-state index in [0.717, 1.165) is 5.32 Å². The van der Waals surface area contributed by atoms with E-state index < -0.39 is 46.4 Å². The van der Waals surface area contributed by atoms with Crippen LogP contribution in [-0.4, -0.2) is 24.4 Å². The predicted molar refractivity (Wildman–Crippen MR) is 60.6 cm³/mol. The average molecular weight is 392 g/mol. The molecule has 1 aromatic rings. The lowest BCUT2D eigenvalue weighted by Gasteiger charge is -2.36. The SMILES string of the molecule is O=C(Nc1ccc(F)c(Cl)c1)C(C(F)(F)F)(C(F)(F)F)C(F)(F)F. The van der Waals surface area contributed by atoms with Crippen LogP contribution in [0.1, 0.15) is 0 Å². The van der Waals surface area contributed by atoms with E-state index in [0.29, 0.717) is 18.2 Å². The number of nitrogens with one attached hydrogen (secondary N) is 1. The molecule has 0 unspecified atom stereocenters. The highest BCUT2D eigenvalue weighted by Crippen LogP contribution is 2.59. The van der Waals surface area contributed by atoms with Crippen molar-refractivity contribution in [1.29, 1.82) is 0 Å². The summed E-state index contributed by atoms with van der Waals surface area (Å²) in [7, 11) is 0. The topological polar surface area (TPSA) is 29.1 Å². The third kappa shape index (κ3) is 3.23. The molecule has 0 aliphatic heterocycles. The molecule has 2 nitrogen and oxygen atoms in total. The van der Waals surface area contributed by atoms with Gasteiger partial charge in [0.05, 0.1) is 5.02 Å². The summed E-state index contributed by atoms with van der Waals surface area (Å²) < 4.78 is 127. The molecule has 0 fully saturated rings. The number of carbonyl (C=O) groups is 1. The largest absolute Gasteiger partial charge is 0.421 e. The van der Waals surface area contributed by atoms with E-state index in [4.69, 9.17) is 11.6 Å². The Morgan fingerprint density at radius 2 is 1.29 bits per heavy atom. The van der Waals surface area contributed by atoms with Crippen LogP contribution in [0.2, 0.25) is 5.02 Å². The van der Waals surface area contributed by atoms with E-state index in [1.54, 1.807) is 0 Å². The second-order valence-electron chi connectivity index (χ2n) is 4.33. The lowest BCUT2D eigenvalue weighted by Crippen LogP contribution is -2.65. The van der Waals surface area contributed by atoms with Gasteiger partial charge in [-0.25, -0.2) is 4.39 Å². The lowest BCUT2D eigenvalue weighted by molar-refractivity contribution is -0.405. The number of hydrogen-bond acceptors (Lipinski definition) is 1. The summed E-state index contributed by atoms with van der Waals surface area (Å²) in [5, 5.41) is -0.0226. The first-order chi connectivity index (χ1) is 10.6. The lowest BCUT2D eigenvalue weighted by atomic mass is 9.84. The normalized spacial score (nSPS) is 13.8. The Labute approximate surface area is 131 Å². The predicted octanol–water partition coefficient (Wildman–Crippen LogP) is 5.09. The minimum atomic E-state index is -7.04. The molecule has 24 heavy (non-hydrogen) atoms. The third-order valence-corrected chi connectivity index (χ3v) is 3.08. The average Bonchev–Trinajstić information content (AvgIpc) is 2.28. The molecule has 1 rings (SSSR count). The van der Waals surface area contributed by atoms with Gasteiger partial charge in [-0.05, 0) is 18.2 Å². The fourth-order valence-electron chi connectivity index (χ4n) is 1.67. The Kier molecular flexibility index (Phi) is 5.06. The van der Waals surface area contributed by atoms with E-state index in [1.165, 1.54) is 0 Å². The highest BCUT2D eigenvalue weighted by atomic mass is 35.5. The maximum Gasteiger partial charge on any atom is 0.421 e. The number of hydrogen-bond donors (Lipinski definition) is 1. The van der Waals surface area contributed by atoms with Crippen LogP contribution >= 0.6 is 11.6 Å². The van der Waals surface area contributed by atoms with Crippen molar-refractivity contribution in [1.82, 2.24) is 0 Å². The van der Waals surface area contributed by atoms with Gasteiger partial charge in [-0.3, -0.25) is 4.79 Å². The Hall–Kier alpha value is -1.72. The Morgan fingerprint density at radius 1 is 0.875 bits per heavy atom. The minimum Gasteiger partial charge on any atom is -0.325 e. The zero-order valence-electron chi connectivity index (χ0n) is 10.8. The fraction of sp³-hybridized carbons (Fsp3) is 0.364. The molecule has 0 aliphatic rings. The van der Waals surface area contributed by atoms with E-state index in [1.807, 2.05) is 0 Å². The van der Waals surface area contributed by atoms with E-state index >= 15 is 0 Å². The molecule has 0 aliphatic carbocycles. The maximum atomic E-state index is 12.9. The van der Waals surface area contributed by atoms with Crippen LogP contribution in [0.3, 0.4) is 0 Å². The third-order valence-electron chi connectivity index (χ3n) is 2.79. The molecule has 0 atom stereocenters. The van der Waals surface area contributed by atoms with Crippen LogP contribution < -0.4 is 5.32 Å². The molecule has 1 aromatic carbocycles. The molecule has 0 heterocycles. The molecule has 136 valence electrons. The number of halogens is 11. The zero-order chi connectivity index (χ0) is 19.1. The molecule has 0 aromatic heterocycles. The van der Waals surface area contributed by atoms with Crippen molar-refractivity contribution in [2.24, 2.45) is 5.41 Å². The van der Waals surface area contributed by atoms with Gasteiger partial charge in [0.1, 0.15) is 5.82 Å². The van der Waals surface area contributed by atoms with Gasteiger partial charge in [0, 0.05) is 5.69 Å². The fourth-order valence-corrected chi connectivity index (χ4v) is 1.85. The highest BCUT2D eigenvalue weighted by Gasteiger charge is 2.88. The van der Waals surface area contributed by atoms with Gasteiger partial charge in [-0.2, -0.15) is 39.5 Å². The second-order valence-corrected chi connectivity index (χ2v) is 4.73. The molecule has 0 bridgehead atoms. The van der Waals surface area contributed by atoms with Gasteiger partial charge in [0.15, 0.2) is 0 Å². The van der Waals surface area contributed by atoms with Crippen LogP contribution in [0.15, 0.2) is 18.2 Å². The van der Waals surface area contributed by atoms with Crippen LogP contribution in [0.5, 0.6) is 0 Å². The number of anilines is 1. The van der Waals surface area contributed by atoms with Crippen molar-refractivity contribution in [3.63, 3.8) is 0 Å². The van der Waals surface area contributed by atoms with E-state index in [9.17, 15) is 48.7 Å². The number of alkyl halides is 9. The van der Waals surface area contributed by atoms with E-state index in [-0.39, 0.29) is 0 Å². The van der Waals surface area contributed by atoms with Gasteiger partial charge in [-0.1, -0.05) is 11.6 Å². The first-order valence-electron chi connectivity index (χ1n) is 5.52. The standard InChI is InChI=1S/C11H4ClF10NO/c12-5-3-4(1-2-6(5)13)23-7(24)8(9(14,15)16,10(17,18)19)11(20,21)22/h1-3H,(H,23,24). The van der Waals surface area contributed by atoms with Crippen molar-refractivity contribution in [2.45, 2.75) is 18.5 Å². The smallest absolute Gasteiger partial charge is 0.325 e. The molecule has 0 saturated carbocycles. The van der Waals surface area contributed by atoms with Crippen molar-refractivity contribution in [3.05, 3.63) is 29.0 Å². The van der Waals surface area contributed by atoms with Crippen molar-refractivity contribution in [2.75, 3.05) is 5.32 Å². The van der Waals surface area contributed by atoms with Gasteiger partial charge >= 0.3 is 23.9 Å². The molecule has 0 spiro atoms. The number of benzene rings is 1. The molecule has 0 radical (unpaired) electrons. The highest BCUT2D eigenvalue weighted by molar-refractivity contribution is 6.31. The molecule has 13 heteroatoms. The summed E-state index contributed by atoms with van der Waals surface area (Å²) in [6.07, 6.45) is -21.1. The second kappa shape index (κ2) is 5.97. The van der Waals surface area contributed by atoms with Crippen molar-refractivity contribution >= 4 is 23.2 Å². The van der Waals surface area contributed by atoms with E-state index in [2.05, 4.69) is 0 Å². The zero-order valence-corrected chi connectivity index (χ0v) is 11.6. The summed E-state index contributed by atoms with van der Waals surface area (Å²) in [6.45, 7) is 0. The Balaban J connectivity index is 3.49. The Bertz CT molecular complexity index is 597. The monoisotopic (exact) mass is 391 g/mol.